The van der Waals surface area contributed by atoms with E-state index in [1.54, 1.807) is 12.1 Å². The van der Waals surface area contributed by atoms with Crippen molar-refractivity contribution in [2.24, 2.45) is 0 Å². The molecule has 0 saturated heterocycles. The van der Waals surface area contributed by atoms with E-state index in [0.717, 1.165) is 22.4 Å². The van der Waals surface area contributed by atoms with Crippen LogP contribution < -0.4 is 10.2 Å². The third kappa shape index (κ3) is 4.29. The van der Waals surface area contributed by atoms with Crippen molar-refractivity contribution in [2.45, 2.75) is 26.4 Å². The molecular formula is C17H20BrFN2. The minimum atomic E-state index is -0.224. The smallest absolute Gasteiger partial charge is 0.125 e. The van der Waals surface area contributed by atoms with E-state index in [9.17, 15) is 4.39 Å². The van der Waals surface area contributed by atoms with Crippen LogP contribution in [0, 0.1) is 5.82 Å². The molecule has 2 aromatic carbocycles. The SMILES string of the molecule is CC(C)NCc1cc(Br)ccc1N(C)c1cccc(F)c1. The number of anilines is 2. The van der Waals surface area contributed by atoms with Crippen LogP contribution in [0.5, 0.6) is 0 Å². The summed E-state index contributed by atoms with van der Waals surface area (Å²) >= 11 is 3.51. The molecule has 2 rings (SSSR count). The van der Waals surface area contributed by atoms with Crippen molar-refractivity contribution < 1.29 is 4.39 Å². The number of nitrogens with zero attached hydrogens (tertiary/aromatic N) is 1. The fourth-order valence-electron chi connectivity index (χ4n) is 2.16. The summed E-state index contributed by atoms with van der Waals surface area (Å²) in [5.74, 6) is -0.224. The maximum Gasteiger partial charge on any atom is 0.125 e. The molecule has 0 fully saturated rings. The van der Waals surface area contributed by atoms with Crippen molar-refractivity contribution in [3.8, 4) is 0 Å². The molecule has 1 N–H and O–H groups in total. The fraction of sp³-hybridized carbons (Fsp3) is 0.294. The van der Waals surface area contributed by atoms with Gasteiger partial charge in [-0.3, -0.25) is 0 Å². The summed E-state index contributed by atoms with van der Waals surface area (Å²) in [5, 5.41) is 3.43. The van der Waals surface area contributed by atoms with Crippen LogP contribution >= 0.6 is 15.9 Å². The summed E-state index contributed by atoms with van der Waals surface area (Å²) in [4.78, 5) is 2.01. The number of benzene rings is 2. The van der Waals surface area contributed by atoms with E-state index in [4.69, 9.17) is 0 Å². The van der Waals surface area contributed by atoms with Crippen LogP contribution in [-0.4, -0.2) is 13.1 Å². The maximum atomic E-state index is 13.4. The normalized spacial score (nSPS) is 11.0. The summed E-state index contributed by atoms with van der Waals surface area (Å²) < 4.78 is 14.5. The van der Waals surface area contributed by atoms with Crippen LogP contribution in [0.2, 0.25) is 0 Å². The summed E-state index contributed by atoms with van der Waals surface area (Å²) in [6.07, 6.45) is 0. The molecule has 2 aromatic rings. The zero-order chi connectivity index (χ0) is 15.4. The summed E-state index contributed by atoms with van der Waals surface area (Å²) in [6.45, 7) is 5.01. The largest absolute Gasteiger partial charge is 0.344 e. The van der Waals surface area contributed by atoms with E-state index in [1.807, 2.05) is 30.1 Å². The van der Waals surface area contributed by atoms with Gasteiger partial charge in [-0.15, -0.1) is 0 Å². The number of hydrogen-bond donors (Lipinski definition) is 1. The van der Waals surface area contributed by atoms with Crippen LogP contribution in [0.3, 0.4) is 0 Å². The molecule has 0 aliphatic carbocycles. The van der Waals surface area contributed by atoms with E-state index in [0.29, 0.717) is 6.04 Å². The zero-order valence-corrected chi connectivity index (χ0v) is 14.1. The van der Waals surface area contributed by atoms with E-state index < -0.39 is 0 Å². The van der Waals surface area contributed by atoms with Gasteiger partial charge in [-0.1, -0.05) is 35.8 Å². The highest BCUT2D eigenvalue weighted by Crippen LogP contribution is 2.29. The highest BCUT2D eigenvalue weighted by atomic mass is 79.9. The van der Waals surface area contributed by atoms with Crippen molar-refractivity contribution in [1.82, 2.24) is 5.32 Å². The Morgan fingerprint density at radius 1 is 1.19 bits per heavy atom. The minimum Gasteiger partial charge on any atom is -0.344 e. The lowest BCUT2D eigenvalue weighted by molar-refractivity contribution is 0.589. The molecule has 4 heteroatoms. The van der Waals surface area contributed by atoms with Gasteiger partial charge in [0, 0.05) is 35.5 Å². The van der Waals surface area contributed by atoms with Gasteiger partial charge in [0.25, 0.3) is 0 Å². The molecule has 0 aromatic heterocycles. The molecule has 0 atom stereocenters. The predicted molar refractivity (Wildman–Crippen MR) is 90.6 cm³/mol. The van der Waals surface area contributed by atoms with Crippen molar-refractivity contribution in [3.05, 3.63) is 58.3 Å². The van der Waals surface area contributed by atoms with E-state index >= 15 is 0 Å². The second kappa shape index (κ2) is 7.05. The Morgan fingerprint density at radius 3 is 2.62 bits per heavy atom. The average Bonchev–Trinajstić information content (AvgIpc) is 2.44. The zero-order valence-electron chi connectivity index (χ0n) is 12.5. The Hall–Kier alpha value is -1.39. The average molecular weight is 351 g/mol. The molecule has 112 valence electrons. The van der Waals surface area contributed by atoms with Gasteiger partial charge in [-0.05, 0) is 42.0 Å². The molecule has 0 aliphatic rings. The van der Waals surface area contributed by atoms with Gasteiger partial charge >= 0.3 is 0 Å². The Kier molecular flexibility index (Phi) is 5.37. The summed E-state index contributed by atoms with van der Waals surface area (Å²) in [5.41, 5.74) is 3.07. The Balaban J connectivity index is 2.33. The highest BCUT2D eigenvalue weighted by molar-refractivity contribution is 9.10. The molecule has 0 amide bonds. The second-order valence-corrected chi connectivity index (χ2v) is 6.26. The maximum absolute atomic E-state index is 13.4. The number of nitrogens with one attached hydrogen (secondary N) is 1. The fourth-order valence-corrected chi connectivity index (χ4v) is 2.57. The lowest BCUT2D eigenvalue weighted by Crippen LogP contribution is -2.23. The molecule has 0 aliphatic heterocycles. The van der Waals surface area contributed by atoms with E-state index in [1.165, 1.54) is 11.6 Å². The van der Waals surface area contributed by atoms with Crippen molar-refractivity contribution in [2.75, 3.05) is 11.9 Å². The predicted octanol–water partition coefficient (Wildman–Crippen LogP) is 4.85. The molecule has 0 bridgehead atoms. The Labute approximate surface area is 134 Å². The van der Waals surface area contributed by atoms with Gasteiger partial charge in [0.05, 0.1) is 0 Å². The quantitative estimate of drug-likeness (QED) is 0.828. The van der Waals surface area contributed by atoms with E-state index in [-0.39, 0.29) is 5.82 Å². The first kappa shape index (κ1) is 16.0. The molecule has 0 saturated carbocycles. The number of rotatable bonds is 5. The Morgan fingerprint density at radius 2 is 1.95 bits per heavy atom. The molecule has 0 unspecified atom stereocenters. The molecule has 0 spiro atoms. The van der Waals surface area contributed by atoms with Gasteiger partial charge in [0.1, 0.15) is 5.82 Å². The first-order valence-corrected chi connectivity index (χ1v) is 7.78. The molecule has 0 heterocycles. The molecule has 21 heavy (non-hydrogen) atoms. The van der Waals surface area contributed by atoms with Crippen LogP contribution in [0.1, 0.15) is 19.4 Å². The van der Waals surface area contributed by atoms with Gasteiger partial charge in [0.2, 0.25) is 0 Å². The number of halogens is 2. The first-order valence-electron chi connectivity index (χ1n) is 6.98. The summed E-state index contributed by atoms with van der Waals surface area (Å²) in [7, 11) is 1.96. The topological polar surface area (TPSA) is 15.3 Å². The van der Waals surface area contributed by atoms with Crippen molar-refractivity contribution in [3.63, 3.8) is 0 Å². The second-order valence-electron chi connectivity index (χ2n) is 5.35. The van der Waals surface area contributed by atoms with Crippen molar-refractivity contribution >= 4 is 27.3 Å². The third-order valence-electron chi connectivity index (χ3n) is 3.30. The van der Waals surface area contributed by atoms with Gasteiger partial charge in [0.15, 0.2) is 0 Å². The van der Waals surface area contributed by atoms with Gasteiger partial charge in [-0.25, -0.2) is 4.39 Å². The Bertz CT molecular complexity index is 613. The lowest BCUT2D eigenvalue weighted by atomic mass is 10.1. The minimum absolute atomic E-state index is 0.224. The standard InChI is InChI=1S/C17H20BrFN2/c1-12(2)20-11-13-9-14(18)7-8-17(13)21(3)16-6-4-5-15(19)10-16/h4-10,12,20H,11H2,1-3H3. The monoisotopic (exact) mass is 350 g/mol. The molecule has 0 radical (unpaired) electrons. The summed E-state index contributed by atoms with van der Waals surface area (Å²) in [6, 6.07) is 13.2. The van der Waals surface area contributed by atoms with Gasteiger partial charge in [-0.2, -0.15) is 0 Å². The van der Waals surface area contributed by atoms with E-state index in [2.05, 4.69) is 41.2 Å². The number of hydrogen-bond acceptors (Lipinski definition) is 2. The van der Waals surface area contributed by atoms with Crippen LogP contribution in [0.15, 0.2) is 46.9 Å². The molecular weight excluding hydrogens is 331 g/mol. The van der Waals surface area contributed by atoms with Gasteiger partial charge < -0.3 is 10.2 Å². The third-order valence-corrected chi connectivity index (χ3v) is 3.79. The first-order chi connectivity index (χ1) is 9.97. The van der Waals surface area contributed by atoms with Crippen LogP contribution in [-0.2, 0) is 6.54 Å². The lowest BCUT2D eigenvalue weighted by Gasteiger charge is -2.23. The van der Waals surface area contributed by atoms with Crippen LogP contribution in [0.4, 0.5) is 15.8 Å². The van der Waals surface area contributed by atoms with Crippen molar-refractivity contribution in [1.29, 1.82) is 0 Å². The highest BCUT2D eigenvalue weighted by Gasteiger charge is 2.11. The molecule has 2 nitrogen and oxygen atoms in total. The van der Waals surface area contributed by atoms with Crippen LogP contribution in [0.25, 0.3) is 0 Å².